The van der Waals surface area contributed by atoms with Gasteiger partial charge < -0.3 is 19.5 Å². The molecule has 1 atom stereocenters. The van der Waals surface area contributed by atoms with E-state index in [1.165, 1.54) is 57.2 Å². The Morgan fingerprint density at radius 1 is 0.852 bits per heavy atom. The summed E-state index contributed by atoms with van der Waals surface area (Å²) in [6.07, 6.45) is 13.3. The zero-order valence-electron chi connectivity index (χ0n) is 18.4. The van der Waals surface area contributed by atoms with Crippen LogP contribution in [-0.2, 0) is 14.2 Å². The van der Waals surface area contributed by atoms with E-state index in [1.54, 1.807) is 0 Å². The van der Waals surface area contributed by atoms with Crippen molar-refractivity contribution in [2.24, 2.45) is 4.99 Å². The van der Waals surface area contributed by atoms with Gasteiger partial charge in [-0.3, -0.25) is 4.99 Å². The fourth-order valence-electron chi connectivity index (χ4n) is 3.72. The summed E-state index contributed by atoms with van der Waals surface area (Å²) in [4.78, 5) is 4.59. The van der Waals surface area contributed by atoms with E-state index in [9.17, 15) is 0 Å². The summed E-state index contributed by atoms with van der Waals surface area (Å²) in [7, 11) is 0. The van der Waals surface area contributed by atoms with Crippen LogP contribution in [0.2, 0.25) is 0 Å². The molecule has 1 rings (SSSR count). The Balaban J connectivity index is 2.01. The van der Waals surface area contributed by atoms with Gasteiger partial charge >= 0.3 is 0 Å². The van der Waals surface area contributed by atoms with Crippen LogP contribution in [0, 0.1) is 0 Å². The van der Waals surface area contributed by atoms with Gasteiger partial charge in [-0.1, -0.05) is 45.4 Å². The highest BCUT2D eigenvalue weighted by Gasteiger charge is 2.31. The smallest absolute Gasteiger partial charge is 0.282 e. The molecule has 0 aromatic rings. The summed E-state index contributed by atoms with van der Waals surface area (Å²) >= 11 is 0. The van der Waals surface area contributed by atoms with Gasteiger partial charge in [-0.25, -0.2) is 0 Å². The third kappa shape index (κ3) is 10.5. The molecule has 5 nitrogen and oxygen atoms in total. The normalized spacial score (nSPS) is 17.2. The molecule has 0 aromatic heterocycles. The second-order valence-electron chi connectivity index (χ2n) is 7.37. The van der Waals surface area contributed by atoms with Gasteiger partial charge in [0.25, 0.3) is 5.97 Å². The highest BCUT2D eigenvalue weighted by Crippen LogP contribution is 2.24. The van der Waals surface area contributed by atoms with Crippen molar-refractivity contribution in [3.05, 3.63) is 0 Å². The zero-order valence-corrected chi connectivity index (χ0v) is 18.4. The predicted octanol–water partition coefficient (Wildman–Crippen LogP) is 5.43. The van der Waals surface area contributed by atoms with Crippen molar-refractivity contribution in [1.82, 2.24) is 5.32 Å². The van der Waals surface area contributed by atoms with Crippen molar-refractivity contribution < 1.29 is 14.2 Å². The van der Waals surface area contributed by atoms with E-state index in [0.717, 1.165) is 25.8 Å². The summed E-state index contributed by atoms with van der Waals surface area (Å²) in [5.74, 6) is 0.398. The first-order chi connectivity index (χ1) is 13.2. The molecule has 0 amide bonds. The van der Waals surface area contributed by atoms with Gasteiger partial charge in [0.2, 0.25) is 0 Å². The first-order valence-corrected chi connectivity index (χ1v) is 11.4. The largest absolute Gasteiger partial charge is 0.369 e. The maximum Gasteiger partial charge on any atom is 0.282 e. The van der Waals surface area contributed by atoms with Crippen molar-refractivity contribution in [3.8, 4) is 0 Å². The standard InChI is InChI=1S/C22H44N2O3/c1-5-16-21-23-19-20(24-21)17-14-12-10-9-11-13-15-18-22(25-6-2,26-7-3)27-8-4/h20H,5-19H2,1-4H3,(H,23,24). The molecule has 0 radical (unpaired) electrons. The Hall–Kier alpha value is -0.650. The lowest BCUT2D eigenvalue weighted by Gasteiger charge is -2.32. The highest BCUT2D eigenvalue weighted by atomic mass is 16.9. The Morgan fingerprint density at radius 2 is 1.41 bits per heavy atom. The van der Waals surface area contributed by atoms with Crippen LogP contribution in [0.15, 0.2) is 4.99 Å². The average molecular weight is 385 g/mol. The van der Waals surface area contributed by atoms with E-state index >= 15 is 0 Å². The summed E-state index contributed by atoms with van der Waals surface area (Å²) < 4.78 is 17.3. The molecule has 0 saturated heterocycles. The first-order valence-electron chi connectivity index (χ1n) is 11.4. The molecule has 1 unspecified atom stereocenters. The molecule has 1 aliphatic heterocycles. The van der Waals surface area contributed by atoms with Crippen molar-refractivity contribution in [2.45, 2.75) is 110 Å². The van der Waals surface area contributed by atoms with Gasteiger partial charge in [0.05, 0.1) is 12.4 Å². The van der Waals surface area contributed by atoms with E-state index in [4.69, 9.17) is 14.2 Å². The minimum absolute atomic E-state index is 0.593. The van der Waals surface area contributed by atoms with E-state index in [0.29, 0.717) is 25.9 Å². The maximum atomic E-state index is 5.78. The molecule has 0 saturated carbocycles. The van der Waals surface area contributed by atoms with Gasteiger partial charge in [-0.05, 0) is 40.0 Å². The monoisotopic (exact) mass is 384 g/mol. The van der Waals surface area contributed by atoms with Gasteiger partial charge in [-0.15, -0.1) is 0 Å². The molecule has 1 heterocycles. The van der Waals surface area contributed by atoms with Gasteiger partial charge in [0.15, 0.2) is 0 Å². The Bertz CT molecular complexity index is 371. The summed E-state index contributed by atoms with van der Waals surface area (Å²) in [5, 5.41) is 3.57. The van der Waals surface area contributed by atoms with Crippen LogP contribution in [0.25, 0.3) is 0 Å². The Morgan fingerprint density at radius 3 is 1.96 bits per heavy atom. The number of nitrogens with one attached hydrogen (secondary N) is 1. The number of rotatable bonds is 18. The lowest BCUT2D eigenvalue weighted by molar-refractivity contribution is -0.380. The number of aliphatic imine (C=N–C) groups is 1. The fraction of sp³-hybridized carbons (Fsp3) is 0.955. The lowest BCUT2D eigenvalue weighted by Crippen LogP contribution is -2.39. The summed E-state index contributed by atoms with van der Waals surface area (Å²) in [5.41, 5.74) is 0. The van der Waals surface area contributed by atoms with Crippen LogP contribution in [0.4, 0.5) is 0 Å². The molecule has 0 spiro atoms. The molecule has 1 N–H and O–H groups in total. The number of hydrogen-bond donors (Lipinski definition) is 1. The molecule has 0 aromatic carbocycles. The number of unbranched alkanes of at least 4 members (excludes halogenated alkanes) is 6. The lowest BCUT2D eigenvalue weighted by atomic mass is 10.0. The third-order valence-corrected chi connectivity index (χ3v) is 4.99. The molecule has 160 valence electrons. The van der Waals surface area contributed by atoms with Crippen molar-refractivity contribution in [1.29, 1.82) is 0 Å². The topological polar surface area (TPSA) is 52.1 Å². The maximum absolute atomic E-state index is 5.78. The van der Waals surface area contributed by atoms with Gasteiger partial charge in [0, 0.05) is 38.7 Å². The third-order valence-electron chi connectivity index (χ3n) is 4.99. The molecular weight excluding hydrogens is 340 g/mol. The SMILES string of the molecule is CCCC1=NCC(CCCCCCCCCC(OCC)(OCC)OCC)N1. The average Bonchev–Trinajstić information content (AvgIpc) is 3.09. The quantitative estimate of drug-likeness (QED) is 0.253. The van der Waals surface area contributed by atoms with Crippen LogP contribution >= 0.6 is 0 Å². The van der Waals surface area contributed by atoms with Crippen molar-refractivity contribution >= 4 is 5.84 Å². The molecule has 1 aliphatic rings. The Labute approximate surface area is 167 Å². The fourth-order valence-corrected chi connectivity index (χ4v) is 3.72. The van der Waals surface area contributed by atoms with E-state index < -0.39 is 5.97 Å². The summed E-state index contributed by atoms with van der Waals surface area (Å²) in [6, 6.07) is 0.593. The number of hydrogen-bond acceptors (Lipinski definition) is 5. The highest BCUT2D eigenvalue weighted by molar-refractivity contribution is 5.83. The van der Waals surface area contributed by atoms with E-state index in [-0.39, 0.29) is 0 Å². The molecule has 27 heavy (non-hydrogen) atoms. The summed E-state index contributed by atoms with van der Waals surface area (Å²) in [6.45, 7) is 11.0. The number of ether oxygens (including phenoxy) is 3. The molecule has 0 bridgehead atoms. The minimum atomic E-state index is -0.828. The number of amidine groups is 1. The molecule has 0 aliphatic carbocycles. The molecule has 0 fully saturated rings. The Kier molecular flexibility index (Phi) is 13.8. The zero-order chi connectivity index (χ0) is 19.8. The predicted molar refractivity (Wildman–Crippen MR) is 113 cm³/mol. The first kappa shape index (κ1) is 24.4. The molecular formula is C22H44N2O3. The van der Waals surface area contributed by atoms with Crippen molar-refractivity contribution in [2.75, 3.05) is 26.4 Å². The van der Waals surface area contributed by atoms with E-state index in [1.807, 2.05) is 20.8 Å². The second-order valence-corrected chi connectivity index (χ2v) is 7.37. The number of nitrogens with zero attached hydrogens (tertiary/aromatic N) is 1. The second kappa shape index (κ2) is 15.3. The van der Waals surface area contributed by atoms with Gasteiger partial charge in [-0.2, -0.15) is 0 Å². The van der Waals surface area contributed by atoms with Crippen LogP contribution in [0.5, 0.6) is 0 Å². The molecule has 5 heteroatoms. The van der Waals surface area contributed by atoms with Crippen molar-refractivity contribution in [3.63, 3.8) is 0 Å². The van der Waals surface area contributed by atoms with Crippen LogP contribution < -0.4 is 5.32 Å². The minimum Gasteiger partial charge on any atom is -0.369 e. The van der Waals surface area contributed by atoms with Crippen LogP contribution in [0.3, 0.4) is 0 Å². The van der Waals surface area contributed by atoms with Gasteiger partial charge in [0.1, 0.15) is 0 Å². The van der Waals surface area contributed by atoms with Crippen LogP contribution in [0.1, 0.15) is 98.3 Å². The van der Waals surface area contributed by atoms with Crippen LogP contribution in [-0.4, -0.2) is 44.2 Å². The van der Waals surface area contributed by atoms with E-state index in [2.05, 4.69) is 17.2 Å².